The van der Waals surface area contributed by atoms with Crippen LogP contribution < -0.4 is 4.90 Å². The van der Waals surface area contributed by atoms with Gasteiger partial charge in [-0.3, -0.25) is 9.69 Å². The van der Waals surface area contributed by atoms with Crippen molar-refractivity contribution in [3.63, 3.8) is 0 Å². The van der Waals surface area contributed by atoms with E-state index in [1.54, 1.807) is 0 Å². The standard InChI is InChI=1S/C15H26N4O3/c1-11-10-18(7-6-12(20)21-5)8-9-19(11)14-16-13(22-17-14)15(2,3)4/h11H,6-10H2,1-5H3/t11-/m0/s1. The van der Waals surface area contributed by atoms with E-state index in [1.165, 1.54) is 7.11 Å². The monoisotopic (exact) mass is 310 g/mol. The minimum absolute atomic E-state index is 0.142. The van der Waals surface area contributed by atoms with E-state index in [4.69, 9.17) is 4.52 Å². The maximum atomic E-state index is 11.2. The molecule has 7 heteroatoms. The predicted molar refractivity (Wildman–Crippen MR) is 82.9 cm³/mol. The van der Waals surface area contributed by atoms with Gasteiger partial charge in [0.1, 0.15) is 0 Å². The zero-order chi connectivity index (χ0) is 16.3. The van der Waals surface area contributed by atoms with Crippen LogP contribution in [0.4, 0.5) is 5.95 Å². The molecule has 0 unspecified atom stereocenters. The van der Waals surface area contributed by atoms with E-state index in [2.05, 4.69) is 52.4 Å². The Morgan fingerprint density at radius 3 is 2.68 bits per heavy atom. The molecule has 1 atom stereocenters. The van der Waals surface area contributed by atoms with Crippen LogP contribution in [0, 0.1) is 0 Å². The summed E-state index contributed by atoms with van der Waals surface area (Å²) < 4.78 is 10.1. The van der Waals surface area contributed by atoms with Crippen LogP contribution in [0.1, 0.15) is 40.0 Å². The minimum Gasteiger partial charge on any atom is -0.469 e. The molecule has 0 amide bonds. The summed E-state index contributed by atoms with van der Waals surface area (Å²) in [5.74, 6) is 1.15. The van der Waals surface area contributed by atoms with Crippen molar-refractivity contribution >= 4 is 11.9 Å². The van der Waals surface area contributed by atoms with Crippen LogP contribution >= 0.6 is 0 Å². The highest BCUT2D eigenvalue weighted by Crippen LogP contribution is 2.24. The fourth-order valence-corrected chi connectivity index (χ4v) is 2.52. The molecule has 0 saturated carbocycles. The summed E-state index contributed by atoms with van der Waals surface area (Å²) >= 11 is 0. The number of anilines is 1. The Hall–Kier alpha value is -1.63. The Morgan fingerprint density at radius 2 is 2.14 bits per heavy atom. The molecule has 124 valence electrons. The number of aromatic nitrogens is 2. The SMILES string of the molecule is COC(=O)CCN1CCN(c2noc(C(C)(C)C)n2)[C@@H](C)C1. The number of ether oxygens (including phenoxy) is 1. The molecular weight excluding hydrogens is 284 g/mol. The predicted octanol–water partition coefficient (Wildman–Crippen LogP) is 1.44. The lowest BCUT2D eigenvalue weighted by atomic mass is 9.97. The molecule has 1 aliphatic rings. The van der Waals surface area contributed by atoms with E-state index in [0.717, 1.165) is 26.2 Å². The van der Waals surface area contributed by atoms with Gasteiger partial charge in [-0.25, -0.2) is 0 Å². The summed E-state index contributed by atoms with van der Waals surface area (Å²) in [5.41, 5.74) is -0.142. The van der Waals surface area contributed by atoms with Crippen LogP contribution in [-0.4, -0.2) is 60.3 Å². The van der Waals surface area contributed by atoms with Gasteiger partial charge in [-0.1, -0.05) is 20.8 Å². The second kappa shape index (κ2) is 6.64. The van der Waals surface area contributed by atoms with E-state index in [0.29, 0.717) is 18.3 Å². The van der Waals surface area contributed by atoms with Crippen LogP contribution in [-0.2, 0) is 14.9 Å². The lowest BCUT2D eigenvalue weighted by molar-refractivity contribution is -0.141. The molecule has 2 heterocycles. The number of nitrogens with zero attached hydrogens (tertiary/aromatic N) is 4. The van der Waals surface area contributed by atoms with Crippen molar-refractivity contribution in [2.75, 3.05) is 38.2 Å². The first-order chi connectivity index (χ1) is 10.3. The van der Waals surface area contributed by atoms with Crippen LogP contribution in [0.3, 0.4) is 0 Å². The third kappa shape index (κ3) is 3.97. The maximum Gasteiger partial charge on any atom is 0.306 e. The average Bonchev–Trinajstić information content (AvgIpc) is 2.94. The van der Waals surface area contributed by atoms with Gasteiger partial charge < -0.3 is 14.2 Å². The van der Waals surface area contributed by atoms with Gasteiger partial charge in [0.25, 0.3) is 5.95 Å². The molecule has 1 saturated heterocycles. The Balaban J connectivity index is 1.93. The molecule has 0 spiro atoms. The molecule has 0 aromatic carbocycles. The van der Waals surface area contributed by atoms with Gasteiger partial charge in [0, 0.05) is 37.6 Å². The summed E-state index contributed by atoms with van der Waals surface area (Å²) in [5, 5.41) is 4.12. The molecule has 0 bridgehead atoms. The van der Waals surface area contributed by atoms with Gasteiger partial charge in [0.2, 0.25) is 5.89 Å². The largest absolute Gasteiger partial charge is 0.469 e. The first-order valence-corrected chi connectivity index (χ1v) is 7.71. The van der Waals surface area contributed by atoms with Crippen molar-refractivity contribution in [2.45, 2.75) is 45.6 Å². The molecule has 0 radical (unpaired) electrons. The van der Waals surface area contributed by atoms with Crippen molar-refractivity contribution in [2.24, 2.45) is 0 Å². The molecule has 0 N–H and O–H groups in total. The molecule has 1 fully saturated rings. The van der Waals surface area contributed by atoms with Crippen LogP contribution in [0.5, 0.6) is 0 Å². The number of hydrogen-bond acceptors (Lipinski definition) is 7. The van der Waals surface area contributed by atoms with Crippen molar-refractivity contribution < 1.29 is 14.1 Å². The van der Waals surface area contributed by atoms with E-state index in [-0.39, 0.29) is 17.4 Å². The van der Waals surface area contributed by atoms with Gasteiger partial charge in [0.15, 0.2) is 0 Å². The third-order valence-electron chi connectivity index (χ3n) is 3.89. The summed E-state index contributed by atoms with van der Waals surface area (Å²) in [6.07, 6.45) is 0.430. The van der Waals surface area contributed by atoms with Gasteiger partial charge in [0.05, 0.1) is 13.5 Å². The van der Waals surface area contributed by atoms with E-state index in [1.807, 2.05) is 0 Å². The minimum atomic E-state index is -0.164. The highest BCUT2D eigenvalue weighted by Gasteiger charge is 2.29. The number of piperazine rings is 1. The summed E-state index contributed by atoms with van der Waals surface area (Å²) in [6.45, 7) is 11.6. The lowest BCUT2D eigenvalue weighted by Crippen LogP contribution is -2.52. The average molecular weight is 310 g/mol. The number of esters is 1. The molecule has 2 rings (SSSR count). The zero-order valence-electron chi connectivity index (χ0n) is 14.1. The number of carbonyl (C=O) groups excluding carboxylic acids is 1. The quantitative estimate of drug-likeness (QED) is 0.779. The van der Waals surface area contributed by atoms with Crippen LogP contribution in [0.25, 0.3) is 0 Å². The fraction of sp³-hybridized carbons (Fsp3) is 0.800. The van der Waals surface area contributed by atoms with E-state index in [9.17, 15) is 4.79 Å². The second-order valence-electron chi connectivity index (χ2n) is 6.82. The Kier molecular flexibility index (Phi) is 5.05. The van der Waals surface area contributed by atoms with Crippen molar-refractivity contribution in [1.29, 1.82) is 0 Å². The molecule has 1 aromatic heterocycles. The molecule has 0 aliphatic carbocycles. The highest BCUT2D eigenvalue weighted by molar-refractivity contribution is 5.69. The van der Waals surface area contributed by atoms with Gasteiger partial charge >= 0.3 is 5.97 Å². The summed E-state index contributed by atoms with van der Waals surface area (Å²) in [7, 11) is 1.42. The summed E-state index contributed by atoms with van der Waals surface area (Å²) in [4.78, 5) is 20.2. The lowest BCUT2D eigenvalue weighted by Gasteiger charge is -2.38. The first kappa shape index (κ1) is 16.7. The van der Waals surface area contributed by atoms with E-state index >= 15 is 0 Å². The topological polar surface area (TPSA) is 71.7 Å². The van der Waals surface area contributed by atoms with Crippen molar-refractivity contribution in [1.82, 2.24) is 15.0 Å². The second-order valence-corrected chi connectivity index (χ2v) is 6.82. The molecule has 1 aromatic rings. The highest BCUT2D eigenvalue weighted by atomic mass is 16.5. The fourth-order valence-electron chi connectivity index (χ4n) is 2.52. The summed E-state index contributed by atoms with van der Waals surface area (Å²) in [6, 6.07) is 0.275. The van der Waals surface area contributed by atoms with Crippen LogP contribution in [0.2, 0.25) is 0 Å². The zero-order valence-corrected chi connectivity index (χ0v) is 14.1. The molecular formula is C15H26N4O3. The first-order valence-electron chi connectivity index (χ1n) is 7.71. The Labute approximate surface area is 131 Å². The number of rotatable bonds is 4. The van der Waals surface area contributed by atoms with Gasteiger partial charge in [-0.2, -0.15) is 4.98 Å². The van der Waals surface area contributed by atoms with Crippen molar-refractivity contribution in [3.05, 3.63) is 5.89 Å². The number of hydrogen-bond donors (Lipinski definition) is 0. The maximum absolute atomic E-state index is 11.2. The number of methoxy groups -OCH3 is 1. The third-order valence-corrected chi connectivity index (χ3v) is 3.89. The molecule has 22 heavy (non-hydrogen) atoms. The van der Waals surface area contributed by atoms with Crippen molar-refractivity contribution in [3.8, 4) is 0 Å². The Morgan fingerprint density at radius 1 is 1.41 bits per heavy atom. The van der Waals surface area contributed by atoms with Crippen LogP contribution in [0.15, 0.2) is 4.52 Å². The Bertz CT molecular complexity index is 509. The van der Waals surface area contributed by atoms with Gasteiger partial charge in [-0.15, -0.1) is 0 Å². The number of carbonyl (C=O) groups is 1. The normalized spacial score (nSPS) is 20.2. The van der Waals surface area contributed by atoms with Gasteiger partial charge in [-0.05, 0) is 12.1 Å². The molecule has 1 aliphatic heterocycles. The smallest absolute Gasteiger partial charge is 0.306 e. The van der Waals surface area contributed by atoms with E-state index < -0.39 is 0 Å². The molecule has 7 nitrogen and oxygen atoms in total.